The summed E-state index contributed by atoms with van der Waals surface area (Å²) in [4.78, 5) is 24.7. The van der Waals surface area contributed by atoms with Crippen molar-refractivity contribution >= 4 is 21.7 Å². The van der Waals surface area contributed by atoms with E-state index in [1.54, 1.807) is 24.3 Å². The summed E-state index contributed by atoms with van der Waals surface area (Å²) >= 11 is 0. The molecule has 2 aliphatic rings. The van der Waals surface area contributed by atoms with Gasteiger partial charge in [0.25, 0.3) is 0 Å². The lowest BCUT2D eigenvalue weighted by Gasteiger charge is -2.35. The maximum Gasteiger partial charge on any atom is 0.228 e. The highest BCUT2D eigenvalue weighted by Crippen LogP contribution is 2.22. The van der Waals surface area contributed by atoms with Gasteiger partial charge in [0, 0.05) is 38.4 Å². The number of hydrogen-bond acceptors (Lipinski definition) is 7. The molecule has 8 nitrogen and oxygen atoms in total. The summed E-state index contributed by atoms with van der Waals surface area (Å²) in [6.45, 7) is 2.35. The SMILES string of the molecule is COc1ccnc(N2CCN(C(=O)[C@H]3CCS(=O)(=O)C3)CC2)n1. The van der Waals surface area contributed by atoms with Crippen LogP contribution in [0, 0.1) is 5.92 Å². The Bertz CT molecular complexity index is 686. The molecule has 2 saturated heterocycles. The van der Waals surface area contributed by atoms with Crippen LogP contribution in [0.15, 0.2) is 12.3 Å². The fraction of sp³-hybridized carbons (Fsp3) is 0.643. The first-order valence-corrected chi connectivity index (χ1v) is 9.42. The smallest absolute Gasteiger partial charge is 0.228 e. The summed E-state index contributed by atoms with van der Waals surface area (Å²) in [7, 11) is -1.48. The van der Waals surface area contributed by atoms with Gasteiger partial charge in [-0.05, 0) is 6.42 Å². The molecule has 23 heavy (non-hydrogen) atoms. The Labute approximate surface area is 135 Å². The van der Waals surface area contributed by atoms with Crippen LogP contribution in [0.5, 0.6) is 5.88 Å². The molecule has 1 atom stereocenters. The van der Waals surface area contributed by atoms with E-state index in [0.29, 0.717) is 44.4 Å². The predicted octanol–water partition coefficient (Wildman–Crippen LogP) is -0.431. The molecular formula is C14H20N4O4S. The molecule has 0 spiro atoms. The van der Waals surface area contributed by atoms with Gasteiger partial charge in [-0.15, -0.1) is 0 Å². The Kier molecular flexibility index (Phi) is 4.38. The van der Waals surface area contributed by atoms with Crippen LogP contribution in [-0.2, 0) is 14.6 Å². The molecule has 2 fully saturated rings. The van der Waals surface area contributed by atoms with Crippen LogP contribution < -0.4 is 9.64 Å². The minimum absolute atomic E-state index is 0.00889. The Balaban J connectivity index is 1.59. The second-order valence-electron chi connectivity index (χ2n) is 5.81. The Morgan fingerprint density at radius 1 is 1.30 bits per heavy atom. The van der Waals surface area contributed by atoms with Crippen LogP contribution in [-0.4, -0.2) is 74.0 Å². The molecule has 0 saturated carbocycles. The van der Waals surface area contributed by atoms with E-state index in [1.807, 2.05) is 4.90 Å². The van der Waals surface area contributed by atoms with Crippen LogP contribution in [0.1, 0.15) is 6.42 Å². The fourth-order valence-corrected chi connectivity index (χ4v) is 4.71. The third-order valence-electron chi connectivity index (χ3n) is 4.28. The van der Waals surface area contributed by atoms with Gasteiger partial charge in [0.05, 0.1) is 24.5 Å². The van der Waals surface area contributed by atoms with Crippen molar-refractivity contribution in [3.8, 4) is 5.88 Å². The average Bonchev–Trinajstić information content (AvgIpc) is 2.94. The minimum Gasteiger partial charge on any atom is -0.481 e. The number of sulfone groups is 1. The van der Waals surface area contributed by atoms with E-state index in [4.69, 9.17) is 4.74 Å². The van der Waals surface area contributed by atoms with E-state index >= 15 is 0 Å². The second-order valence-corrected chi connectivity index (χ2v) is 8.04. The van der Waals surface area contributed by atoms with E-state index in [9.17, 15) is 13.2 Å². The molecule has 3 rings (SSSR count). The van der Waals surface area contributed by atoms with Gasteiger partial charge in [0.15, 0.2) is 9.84 Å². The van der Waals surface area contributed by atoms with Gasteiger partial charge in [-0.25, -0.2) is 13.4 Å². The summed E-state index contributed by atoms with van der Waals surface area (Å²) in [6.07, 6.45) is 2.09. The summed E-state index contributed by atoms with van der Waals surface area (Å²) in [5, 5.41) is 0. The van der Waals surface area contributed by atoms with Gasteiger partial charge in [-0.3, -0.25) is 4.79 Å². The number of ether oxygens (including phenoxy) is 1. The second kappa shape index (κ2) is 6.31. The normalized spacial score (nSPS) is 23.8. The van der Waals surface area contributed by atoms with Crippen molar-refractivity contribution in [1.82, 2.24) is 14.9 Å². The number of piperazine rings is 1. The Morgan fingerprint density at radius 2 is 2.04 bits per heavy atom. The molecule has 0 aromatic carbocycles. The maximum atomic E-state index is 12.4. The first-order valence-electron chi connectivity index (χ1n) is 7.60. The van der Waals surface area contributed by atoms with Crippen molar-refractivity contribution in [3.05, 3.63) is 12.3 Å². The van der Waals surface area contributed by atoms with Crippen molar-refractivity contribution in [1.29, 1.82) is 0 Å². The molecular weight excluding hydrogens is 320 g/mol. The largest absolute Gasteiger partial charge is 0.481 e. The molecule has 0 unspecified atom stereocenters. The highest BCUT2D eigenvalue weighted by atomic mass is 32.2. The molecule has 0 radical (unpaired) electrons. The Morgan fingerprint density at radius 3 is 2.65 bits per heavy atom. The van der Waals surface area contributed by atoms with Crippen molar-refractivity contribution in [2.45, 2.75) is 6.42 Å². The van der Waals surface area contributed by atoms with Crippen LogP contribution in [0.25, 0.3) is 0 Å². The van der Waals surface area contributed by atoms with Gasteiger partial charge < -0.3 is 14.5 Å². The van der Waals surface area contributed by atoms with Crippen LogP contribution in [0.2, 0.25) is 0 Å². The molecule has 2 aliphatic heterocycles. The quantitative estimate of drug-likeness (QED) is 0.737. The van der Waals surface area contributed by atoms with E-state index < -0.39 is 9.84 Å². The van der Waals surface area contributed by atoms with Gasteiger partial charge in [-0.2, -0.15) is 4.98 Å². The van der Waals surface area contributed by atoms with Gasteiger partial charge >= 0.3 is 0 Å². The van der Waals surface area contributed by atoms with Crippen LogP contribution >= 0.6 is 0 Å². The highest BCUT2D eigenvalue weighted by molar-refractivity contribution is 7.91. The van der Waals surface area contributed by atoms with E-state index in [0.717, 1.165) is 0 Å². The van der Waals surface area contributed by atoms with Crippen molar-refractivity contribution in [3.63, 3.8) is 0 Å². The summed E-state index contributed by atoms with van der Waals surface area (Å²) < 4.78 is 28.1. The third kappa shape index (κ3) is 3.54. The van der Waals surface area contributed by atoms with E-state index in [1.165, 1.54) is 0 Å². The lowest BCUT2D eigenvalue weighted by atomic mass is 10.1. The zero-order valence-corrected chi connectivity index (χ0v) is 13.8. The van der Waals surface area contributed by atoms with Crippen LogP contribution in [0.4, 0.5) is 5.95 Å². The molecule has 0 N–H and O–H groups in total. The zero-order valence-electron chi connectivity index (χ0n) is 13.0. The maximum absolute atomic E-state index is 12.4. The number of anilines is 1. The third-order valence-corrected chi connectivity index (χ3v) is 6.05. The van der Waals surface area contributed by atoms with Crippen molar-refractivity contribution in [2.24, 2.45) is 5.92 Å². The van der Waals surface area contributed by atoms with Gasteiger partial charge in [-0.1, -0.05) is 0 Å². The number of carbonyl (C=O) groups is 1. The first kappa shape index (κ1) is 16.0. The van der Waals surface area contributed by atoms with Crippen molar-refractivity contribution < 1.29 is 17.9 Å². The summed E-state index contributed by atoms with van der Waals surface area (Å²) in [5.41, 5.74) is 0. The average molecular weight is 340 g/mol. The molecule has 3 heterocycles. The number of carbonyl (C=O) groups excluding carboxylic acids is 1. The molecule has 1 aromatic heterocycles. The molecule has 0 bridgehead atoms. The van der Waals surface area contributed by atoms with Gasteiger partial charge in [0.2, 0.25) is 17.7 Å². The lowest BCUT2D eigenvalue weighted by molar-refractivity contribution is -0.135. The highest BCUT2D eigenvalue weighted by Gasteiger charge is 2.36. The first-order chi connectivity index (χ1) is 11.0. The zero-order chi connectivity index (χ0) is 16.4. The minimum atomic E-state index is -3.03. The molecule has 9 heteroatoms. The lowest BCUT2D eigenvalue weighted by Crippen LogP contribution is -2.51. The standard InChI is InChI=1S/C14H20N4O4S/c1-22-12-2-4-15-14(16-12)18-7-5-17(6-8-18)13(19)11-3-9-23(20,21)10-11/h2,4,11H,3,5-10H2,1H3/t11-/m0/s1. The fourth-order valence-electron chi connectivity index (χ4n) is 2.97. The van der Waals surface area contributed by atoms with Crippen LogP contribution in [0.3, 0.4) is 0 Å². The Hall–Kier alpha value is -1.90. The number of rotatable bonds is 3. The number of aromatic nitrogens is 2. The van der Waals surface area contributed by atoms with Gasteiger partial charge in [0.1, 0.15) is 0 Å². The van der Waals surface area contributed by atoms with E-state index in [2.05, 4.69) is 9.97 Å². The summed E-state index contributed by atoms with van der Waals surface area (Å²) in [5.74, 6) is 0.785. The van der Waals surface area contributed by atoms with E-state index in [-0.39, 0.29) is 23.3 Å². The number of amides is 1. The topological polar surface area (TPSA) is 92.7 Å². The number of hydrogen-bond donors (Lipinski definition) is 0. The molecule has 1 aromatic rings. The molecule has 126 valence electrons. The number of nitrogens with zero attached hydrogens (tertiary/aromatic N) is 4. The number of methoxy groups -OCH3 is 1. The van der Waals surface area contributed by atoms with Crippen molar-refractivity contribution in [2.75, 3.05) is 49.7 Å². The molecule has 1 amide bonds. The monoisotopic (exact) mass is 340 g/mol. The predicted molar refractivity (Wildman–Crippen MR) is 84.1 cm³/mol. The molecule has 0 aliphatic carbocycles. The summed E-state index contributed by atoms with van der Waals surface area (Å²) in [6, 6.07) is 1.68.